The van der Waals surface area contributed by atoms with Crippen LogP contribution < -0.4 is 5.32 Å². The summed E-state index contributed by atoms with van der Waals surface area (Å²) in [4.78, 5) is 37.9. The third-order valence-electron chi connectivity index (χ3n) is 3.36. The molecular formula is C15H12N2O3S. The van der Waals surface area contributed by atoms with Crippen molar-refractivity contribution in [1.82, 2.24) is 10.2 Å². The Kier molecular flexibility index (Phi) is 3.31. The predicted molar refractivity (Wildman–Crippen MR) is 78.4 cm³/mol. The fourth-order valence-electron chi connectivity index (χ4n) is 2.19. The Morgan fingerprint density at radius 3 is 2.67 bits per heavy atom. The van der Waals surface area contributed by atoms with E-state index in [1.165, 1.54) is 19.2 Å². The molecule has 2 heterocycles. The summed E-state index contributed by atoms with van der Waals surface area (Å²) in [6, 6.07) is 8.42. The van der Waals surface area contributed by atoms with Crippen LogP contribution in [0, 0.1) is 0 Å². The molecule has 0 bridgehead atoms. The average molecular weight is 300 g/mol. The van der Waals surface area contributed by atoms with Crippen molar-refractivity contribution >= 4 is 29.1 Å². The van der Waals surface area contributed by atoms with Crippen molar-refractivity contribution in [3.05, 3.63) is 57.3 Å². The summed E-state index contributed by atoms with van der Waals surface area (Å²) in [6.07, 6.45) is 0. The van der Waals surface area contributed by atoms with Crippen molar-refractivity contribution in [1.29, 1.82) is 0 Å². The number of carbonyl (C=O) groups excluding carboxylic acids is 3. The highest BCUT2D eigenvalue weighted by atomic mass is 32.1. The monoisotopic (exact) mass is 300 g/mol. The molecule has 0 fully saturated rings. The van der Waals surface area contributed by atoms with Crippen LogP contribution in [0.4, 0.5) is 0 Å². The zero-order valence-corrected chi connectivity index (χ0v) is 12.1. The first-order valence-corrected chi connectivity index (χ1v) is 7.23. The summed E-state index contributed by atoms with van der Waals surface area (Å²) in [5, 5.41) is 4.73. The number of amides is 3. The summed E-state index contributed by atoms with van der Waals surface area (Å²) >= 11 is 1.56. The highest BCUT2D eigenvalue weighted by Crippen LogP contribution is 2.22. The fraction of sp³-hybridized carbons (Fsp3) is 0.133. The minimum absolute atomic E-state index is 0.263. The summed E-state index contributed by atoms with van der Waals surface area (Å²) in [6.45, 7) is 0.445. The molecule has 21 heavy (non-hydrogen) atoms. The van der Waals surface area contributed by atoms with Gasteiger partial charge in [-0.3, -0.25) is 19.3 Å². The summed E-state index contributed by atoms with van der Waals surface area (Å²) < 4.78 is 0. The molecule has 5 nitrogen and oxygen atoms in total. The van der Waals surface area contributed by atoms with Gasteiger partial charge in [0.25, 0.3) is 17.7 Å². The second kappa shape index (κ2) is 5.14. The maximum absolute atomic E-state index is 12.1. The second-order valence-corrected chi connectivity index (χ2v) is 5.72. The lowest BCUT2D eigenvalue weighted by Crippen LogP contribution is -2.24. The Bertz CT molecular complexity index is 737. The molecule has 3 rings (SSSR count). The lowest BCUT2D eigenvalue weighted by Gasteiger charge is -2.05. The molecule has 1 aromatic heterocycles. The van der Waals surface area contributed by atoms with Crippen molar-refractivity contribution in [3.8, 4) is 0 Å². The van der Waals surface area contributed by atoms with Crippen LogP contribution in [-0.4, -0.2) is 29.7 Å². The molecular weight excluding hydrogens is 288 g/mol. The molecule has 1 aliphatic heterocycles. The number of hydrogen-bond acceptors (Lipinski definition) is 4. The first-order valence-electron chi connectivity index (χ1n) is 6.35. The first-order chi connectivity index (χ1) is 10.1. The number of nitrogens with one attached hydrogen (secondary N) is 1. The smallest absolute Gasteiger partial charge is 0.261 e. The third kappa shape index (κ3) is 2.34. The van der Waals surface area contributed by atoms with E-state index in [0.29, 0.717) is 17.7 Å². The second-order valence-electron chi connectivity index (χ2n) is 4.69. The van der Waals surface area contributed by atoms with Crippen molar-refractivity contribution in [3.63, 3.8) is 0 Å². The maximum Gasteiger partial charge on any atom is 0.261 e. The highest BCUT2D eigenvalue weighted by molar-refractivity contribution is 7.09. The van der Waals surface area contributed by atoms with Crippen LogP contribution in [0.3, 0.4) is 0 Å². The molecule has 1 N–H and O–H groups in total. The van der Waals surface area contributed by atoms with Crippen LogP contribution in [0.25, 0.3) is 0 Å². The minimum Gasteiger partial charge on any atom is -0.347 e. The van der Waals surface area contributed by atoms with Crippen LogP contribution in [-0.2, 0) is 6.54 Å². The number of thiophene rings is 1. The van der Waals surface area contributed by atoms with Crippen molar-refractivity contribution in [2.75, 3.05) is 7.05 Å². The number of hydrogen-bond donors (Lipinski definition) is 1. The predicted octanol–water partition coefficient (Wildman–Crippen LogP) is 1.90. The molecule has 2 aromatic rings. The Morgan fingerprint density at radius 1 is 1.19 bits per heavy atom. The number of nitrogens with zero attached hydrogens (tertiary/aromatic N) is 1. The number of fused-ring (bicyclic) bond motifs is 1. The Morgan fingerprint density at radius 2 is 1.95 bits per heavy atom. The molecule has 0 unspecified atom stereocenters. The molecule has 3 amide bonds. The summed E-state index contributed by atoms with van der Waals surface area (Å²) in [5.74, 6) is -0.968. The Balaban J connectivity index is 1.80. The Hall–Kier alpha value is -2.47. The van der Waals surface area contributed by atoms with Crippen molar-refractivity contribution in [2.45, 2.75) is 6.54 Å². The van der Waals surface area contributed by atoms with E-state index in [4.69, 9.17) is 0 Å². The van der Waals surface area contributed by atoms with Gasteiger partial charge in [-0.2, -0.15) is 0 Å². The zero-order valence-electron chi connectivity index (χ0n) is 11.3. The van der Waals surface area contributed by atoms with E-state index in [1.807, 2.05) is 17.5 Å². The van der Waals surface area contributed by atoms with Crippen LogP contribution in [0.1, 0.15) is 36.0 Å². The van der Waals surface area contributed by atoms with Gasteiger partial charge in [-0.15, -0.1) is 11.3 Å². The molecule has 0 aliphatic carbocycles. The topological polar surface area (TPSA) is 66.5 Å². The molecule has 0 saturated heterocycles. The van der Waals surface area contributed by atoms with Gasteiger partial charge in [-0.25, -0.2) is 0 Å². The van der Waals surface area contributed by atoms with Gasteiger partial charge in [0.1, 0.15) is 0 Å². The standard InChI is InChI=1S/C15H12N2O3S/c1-17-14(19)11-5-4-9(7-12(11)15(17)20)13(18)16-8-10-3-2-6-21-10/h2-7H,8H2,1H3,(H,16,18). The number of imide groups is 1. The molecule has 0 spiro atoms. The molecule has 0 saturated carbocycles. The van der Waals surface area contributed by atoms with Gasteiger partial charge in [-0.05, 0) is 29.6 Å². The average Bonchev–Trinajstić information content (AvgIpc) is 3.09. The van der Waals surface area contributed by atoms with Gasteiger partial charge in [-0.1, -0.05) is 6.07 Å². The molecule has 1 aromatic carbocycles. The van der Waals surface area contributed by atoms with Crippen molar-refractivity contribution < 1.29 is 14.4 Å². The lowest BCUT2D eigenvalue weighted by molar-refractivity contribution is 0.0693. The SMILES string of the molecule is CN1C(=O)c2ccc(C(=O)NCc3cccs3)cc2C1=O. The summed E-state index contributed by atoms with van der Waals surface area (Å²) in [5.41, 5.74) is 1.00. The fourth-order valence-corrected chi connectivity index (χ4v) is 2.83. The molecule has 0 radical (unpaired) electrons. The van der Waals surface area contributed by atoms with Gasteiger partial charge < -0.3 is 5.32 Å². The van der Waals surface area contributed by atoms with E-state index in [0.717, 1.165) is 9.78 Å². The van der Waals surface area contributed by atoms with Crippen LogP contribution >= 0.6 is 11.3 Å². The molecule has 106 valence electrons. The Labute approximate surface area is 125 Å². The van der Waals surface area contributed by atoms with Crippen LogP contribution in [0.2, 0.25) is 0 Å². The van der Waals surface area contributed by atoms with Crippen LogP contribution in [0.5, 0.6) is 0 Å². The molecule has 0 atom stereocenters. The highest BCUT2D eigenvalue weighted by Gasteiger charge is 2.33. The van der Waals surface area contributed by atoms with Crippen LogP contribution in [0.15, 0.2) is 35.7 Å². The largest absolute Gasteiger partial charge is 0.347 e. The number of benzene rings is 1. The zero-order chi connectivity index (χ0) is 15.0. The summed E-state index contributed by atoms with van der Waals surface area (Å²) in [7, 11) is 1.43. The van der Waals surface area contributed by atoms with Gasteiger partial charge >= 0.3 is 0 Å². The van der Waals surface area contributed by atoms with Gasteiger partial charge in [0, 0.05) is 17.5 Å². The van der Waals surface area contributed by atoms with E-state index < -0.39 is 0 Å². The minimum atomic E-state index is -0.372. The van der Waals surface area contributed by atoms with Crippen molar-refractivity contribution in [2.24, 2.45) is 0 Å². The molecule has 1 aliphatic rings. The van der Waals surface area contributed by atoms with E-state index in [9.17, 15) is 14.4 Å². The van der Waals surface area contributed by atoms with E-state index in [1.54, 1.807) is 17.4 Å². The van der Waals surface area contributed by atoms with Gasteiger partial charge in [0.05, 0.1) is 17.7 Å². The van der Waals surface area contributed by atoms with E-state index in [-0.39, 0.29) is 23.3 Å². The number of rotatable bonds is 3. The van der Waals surface area contributed by atoms with Gasteiger partial charge in [0.2, 0.25) is 0 Å². The number of carbonyl (C=O) groups is 3. The first kappa shape index (κ1) is 13.5. The normalized spacial score (nSPS) is 13.5. The lowest BCUT2D eigenvalue weighted by atomic mass is 10.1. The maximum atomic E-state index is 12.1. The third-order valence-corrected chi connectivity index (χ3v) is 4.23. The van der Waals surface area contributed by atoms with Gasteiger partial charge in [0.15, 0.2) is 0 Å². The quantitative estimate of drug-likeness (QED) is 0.880. The van der Waals surface area contributed by atoms with E-state index >= 15 is 0 Å². The van der Waals surface area contributed by atoms with E-state index in [2.05, 4.69) is 5.32 Å². The molecule has 6 heteroatoms.